The van der Waals surface area contributed by atoms with E-state index in [1.807, 2.05) is 31.2 Å². The molecule has 3 rings (SSSR count). The van der Waals surface area contributed by atoms with E-state index in [0.717, 1.165) is 29.9 Å². The quantitative estimate of drug-likeness (QED) is 0.767. The molecular weight excluding hydrogens is 332 g/mol. The lowest BCUT2D eigenvalue weighted by molar-refractivity contribution is -0.139. The Balaban J connectivity index is 2.09. The Morgan fingerprint density at radius 1 is 1.19 bits per heavy atom. The summed E-state index contributed by atoms with van der Waals surface area (Å²) in [4.78, 5) is 17.0. The number of benzene rings is 1. The average molecular weight is 356 g/mol. The Morgan fingerprint density at radius 3 is 2.62 bits per heavy atom. The SMILES string of the molecule is CCCC1=C(C(=O)OCC)C(c2ccc(OCC)cc2)n2ncnc2N1. The molecule has 1 aliphatic heterocycles. The van der Waals surface area contributed by atoms with Crippen LogP contribution in [0.3, 0.4) is 0 Å². The van der Waals surface area contributed by atoms with Gasteiger partial charge in [-0.05, 0) is 38.0 Å². The Morgan fingerprint density at radius 2 is 1.96 bits per heavy atom. The van der Waals surface area contributed by atoms with Crippen molar-refractivity contribution in [3.05, 3.63) is 47.4 Å². The standard InChI is InChI=1S/C19H24N4O3/c1-4-7-15-16(18(24)26-6-3)17(23-19(22-15)20-12-21-23)13-8-10-14(11-9-13)25-5-2/h8-12,17H,4-7H2,1-3H3,(H,20,21,22). The monoisotopic (exact) mass is 356 g/mol. The first kappa shape index (κ1) is 18.0. The zero-order valence-corrected chi connectivity index (χ0v) is 15.4. The van der Waals surface area contributed by atoms with Crippen molar-refractivity contribution < 1.29 is 14.3 Å². The van der Waals surface area contributed by atoms with Crippen molar-refractivity contribution in [2.24, 2.45) is 0 Å². The number of hydrogen-bond donors (Lipinski definition) is 1. The van der Waals surface area contributed by atoms with Gasteiger partial charge in [0.1, 0.15) is 18.1 Å². The fraction of sp³-hybridized carbons (Fsp3) is 0.421. The molecule has 0 spiro atoms. The summed E-state index contributed by atoms with van der Waals surface area (Å²) in [5, 5.41) is 7.57. The number of aromatic nitrogens is 3. The van der Waals surface area contributed by atoms with Gasteiger partial charge < -0.3 is 14.8 Å². The van der Waals surface area contributed by atoms with Gasteiger partial charge in [-0.1, -0.05) is 25.5 Å². The van der Waals surface area contributed by atoms with Crippen molar-refractivity contribution in [2.75, 3.05) is 18.5 Å². The molecule has 0 saturated carbocycles. The van der Waals surface area contributed by atoms with E-state index in [0.29, 0.717) is 24.7 Å². The highest BCUT2D eigenvalue weighted by Crippen LogP contribution is 2.37. The minimum absolute atomic E-state index is 0.321. The van der Waals surface area contributed by atoms with E-state index in [1.54, 1.807) is 11.6 Å². The molecule has 0 fully saturated rings. The lowest BCUT2D eigenvalue weighted by atomic mass is 9.94. The van der Waals surface area contributed by atoms with Crippen LogP contribution in [0.15, 0.2) is 41.9 Å². The lowest BCUT2D eigenvalue weighted by Crippen LogP contribution is -2.30. The van der Waals surface area contributed by atoms with Crippen molar-refractivity contribution in [1.29, 1.82) is 0 Å². The first-order valence-corrected chi connectivity index (χ1v) is 8.99. The number of nitrogens with one attached hydrogen (secondary N) is 1. The fourth-order valence-electron chi connectivity index (χ4n) is 3.13. The van der Waals surface area contributed by atoms with Crippen LogP contribution in [0.25, 0.3) is 0 Å². The predicted molar refractivity (Wildman–Crippen MR) is 98.0 cm³/mol. The Bertz CT molecular complexity index is 795. The van der Waals surface area contributed by atoms with Gasteiger partial charge in [-0.3, -0.25) is 0 Å². The Kier molecular flexibility index (Phi) is 5.55. The van der Waals surface area contributed by atoms with E-state index in [1.165, 1.54) is 6.33 Å². The first-order valence-electron chi connectivity index (χ1n) is 8.99. The molecule has 7 heteroatoms. The molecule has 1 atom stereocenters. The maximum atomic E-state index is 12.8. The summed E-state index contributed by atoms with van der Waals surface area (Å²) < 4.78 is 12.6. The van der Waals surface area contributed by atoms with Gasteiger partial charge in [0.2, 0.25) is 5.95 Å². The normalized spacial score (nSPS) is 16.0. The van der Waals surface area contributed by atoms with Crippen LogP contribution >= 0.6 is 0 Å². The molecule has 0 amide bonds. The largest absolute Gasteiger partial charge is 0.494 e. The molecule has 26 heavy (non-hydrogen) atoms. The third kappa shape index (κ3) is 3.42. The van der Waals surface area contributed by atoms with Gasteiger partial charge in [0.15, 0.2) is 0 Å². The third-order valence-electron chi connectivity index (χ3n) is 4.18. The Hall–Kier alpha value is -2.83. The van der Waals surface area contributed by atoms with E-state index >= 15 is 0 Å². The van der Waals surface area contributed by atoms with Crippen molar-refractivity contribution in [2.45, 2.75) is 39.7 Å². The molecule has 2 heterocycles. The van der Waals surface area contributed by atoms with Crippen LogP contribution in [0.2, 0.25) is 0 Å². The van der Waals surface area contributed by atoms with Gasteiger partial charge in [0.25, 0.3) is 0 Å². The zero-order chi connectivity index (χ0) is 18.5. The van der Waals surface area contributed by atoms with Crippen LogP contribution in [0, 0.1) is 0 Å². The minimum Gasteiger partial charge on any atom is -0.494 e. The summed E-state index contributed by atoms with van der Waals surface area (Å²) in [6.45, 7) is 6.75. The second kappa shape index (κ2) is 8.03. The summed E-state index contributed by atoms with van der Waals surface area (Å²) in [5.74, 6) is 1.09. The van der Waals surface area contributed by atoms with Crippen LogP contribution < -0.4 is 10.1 Å². The van der Waals surface area contributed by atoms with Crippen LogP contribution in [0.5, 0.6) is 5.75 Å². The smallest absolute Gasteiger partial charge is 0.338 e. The number of rotatable bonds is 7. The number of allylic oxidation sites excluding steroid dienone is 1. The molecule has 1 N–H and O–H groups in total. The molecule has 7 nitrogen and oxygen atoms in total. The van der Waals surface area contributed by atoms with E-state index in [-0.39, 0.29) is 12.0 Å². The molecule has 0 bridgehead atoms. The highest BCUT2D eigenvalue weighted by molar-refractivity contribution is 5.92. The molecule has 0 radical (unpaired) electrons. The second-order valence-electron chi connectivity index (χ2n) is 5.92. The number of hydrogen-bond acceptors (Lipinski definition) is 6. The van der Waals surface area contributed by atoms with E-state index in [9.17, 15) is 4.79 Å². The Labute approximate surface area is 153 Å². The van der Waals surface area contributed by atoms with Gasteiger partial charge >= 0.3 is 5.97 Å². The molecular formula is C19H24N4O3. The van der Waals surface area contributed by atoms with E-state index in [4.69, 9.17) is 9.47 Å². The van der Waals surface area contributed by atoms with Crippen molar-refractivity contribution in [1.82, 2.24) is 14.8 Å². The van der Waals surface area contributed by atoms with Gasteiger partial charge in [0, 0.05) is 5.70 Å². The number of anilines is 1. The van der Waals surface area contributed by atoms with Gasteiger partial charge in [0.05, 0.1) is 18.8 Å². The summed E-state index contributed by atoms with van der Waals surface area (Å²) in [6.07, 6.45) is 3.12. The molecule has 2 aromatic rings. The summed E-state index contributed by atoms with van der Waals surface area (Å²) in [5.41, 5.74) is 2.35. The third-order valence-corrected chi connectivity index (χ3v) is 4.18. The van der Waals surface area contributed by atoms with Crippen LogP contribution in [0.4, 0.5) is 5.95 Å². The summed E-state index contributed by atoms with van der Waals surface area (Å²) in [6, 6.07) is 7.33. The topological polar surface area (TPSA) is 78.3 Å². The molecule has 138 valence electrons. The predicted octanol–water partition coefficient (Wildman–Crippen LogP) is 3.31. The maximum Gasteiger partial charge on any atom is 0.338 e. The molecule has 1 unspecified atom stereocenters. The van der Waals surface area contributed by atoms with Crippen LogP contribution in [-0.2, 0) is 9.53 Å². The first-order chi connectivity index (χ1) is 12.7. The maximum absolute atomic E-state index is 12.8. The number of carbonyl (C=O) groups is 1. The number of fused-ring (bicyclic) bond motifs is 1. The number of ether oxygens (including phenoxy) is 2. The lowest BCUT2D eigenvalue weighted by Gasteiger charge is -2.29. The summed E-state index contributed by atoms with van der Waals surface area (Å²) >= 11 is 0. The van der Waals surface area contributed by atoms with Crippen molar-refractivity contribution >= 4 is 11.9 Å². The fourth-order valence-corrected chi connectivity index (χ4v) is 3.13. The number of nitrogens with zero attached hydrogens (tertiary/aromatic N) is 3. The average Bonchev–Trinajstić information content (AvgIpc) is 3.10. The zero-order valence-electron chi connectivity index (χ0n) is 15.4. The van der Waals surface area contributed by atoms with Gasteiger partial charge in [-0.15, -0.1) is 0 Å². The van der Waals surface area contributed by atoms with Crippen molar-refractivity contribution in [3.8, 4) is 5.75 Å². The number of carbonyl (C=O) groups excluding carboxylic acids is 1. The van der Waals surface area contributed by atoms with Crippen molar-refractivity contribution in [3.63, 3.8) is 0 Å². The van der Waals surface area contributed by atoms with E-state index < -0.39 is 0 Å². The molecule has 1 aliphatic rings. The highest BCUT2D eigenvalue weighted by Gasteiger charge is 2.35. The van der Waals surface area contributed by atoms with Gasteiger partial charge in [-0.2, -0.15) is 10.1 Å². The molecule has 1 aromatic heterocycles. The number of esters is 1. The van der Waals surface area contributed by atoms with E-state index in [2.05, 4.69) is 22.3 Å². The molecule has 0 aliphatic carbocycles. The van der Waals surface area contributed by atoms with Crippen LogP contribution in [-0.4, -0.2) is 33.9 Å². The highest BCUT2D eigenvalue weighted by atomic mass is 16.5. The summed E-state index contributed by atoms with van der Waals surface area (Å²) in [7, 11) is 0. The molecule has 1 aromatic carbocycles. The minimum atomic E-state index is -0.384. The molecule has 0 saturated heterocycles. The second-order valence-corrected chi connectivity index (χ2v) is 5.92. The van der Waals surface area contributed by atoms with Gasteiger partial charge in [-0.25, -0.2) is 9.48 Å². The van der Waals surface area contributed by atoms with Crippen LogP contribution in [0.1, 0.15) is 45.2 Å².